The fraction of sp³-hybridized carbons (Fsp3) is 0.105. The standard InChI is InChI=1S/C19H18N2S/c1-3-12-21-18(16-9-5-4-6-10-16)14-22-19(21)20-17-11-7-8-15(2)13-17/h3-11,13-14H,1,12H2,2H3. The minimum Gasteiger partial charge on any atom is -0.313 e. The van der Waals surface area contributed by atoms with Crippen molar-refractivity contribution < 1.29 is 0 Å². The van der Waals surface area contributed by atoms with Gasteiger partial charge in [0.1, 0.15) is 0 Å². The highest BCUT2D eigenvalue weighted by molar-refractivity contribution is 7.07. The summed E-state index contributed by atoms with van der Waals surface area (Å²) in [4.78, 5) is 5.79. The lowest BCUT2D eigenvalue weighted by Gasteiger charge is -2.06. The maximum absolute atomic E-state index is 4.80. The van der Waals surface area contributed by atoms with E-state index < -0.39 is 0 Å². The van der Waals surface area contributed by atoms with Crippen molar-refractivity contribution in [3.05, 3.63) is 83.0 Å². The predicted octanol–water partition coefficient (Wildman–Crippen LogP) is 4.94. The molecule has 3 aromatic rings. The Balaban J connectivity index is 2.13. The molecule has 0 fully saturated rings. The summed E-state index contributed by atoms with van der Waals surface area (Å²) >= 11 is 1.66. The second kappa shape index (κ2) is 6.58. The lowest BCUT2D eigenvalue weighted by Crippen LogP contribution is -2.14. The van der Waals surface area contributed by atoms with E-state index in [1.807, 2.05) is 24.3 Å². The van der Waals surface area contributed by atoms with E-state index in [-0.39, 0.29) is 0 Å². The van der Waals surface area contributed by atoms with Gasteiger partial charge in [-0.05, 0) is 30.2 Å². The number of benzene rings is 2. The molecule has 0 saturated heterocycles. The summed E-state index contributed by atoms with van der Waals surface area (Å²) in [6, 6.07) is 18.7. The molecule has 1 aromatic heterocycles. The summed E-state index contributed by atoms with van der Waals surface area (Å²) in [6.07, 6.45) is 1.91. The van der Waals surface area contributed by atoms with Gasteiger partial charge < -0.3 is 4.57 Å². The van der Waals surface area contributed by atoms with E-state index in [0.717, 1.165) is 17.0 Å². The molecule has 0 aliphatic rings. The Morgan fingerprint density at radius 3 is 2.68 bits per heavy atom. The maximum atomic E-state index is 4.80. The van der Waals surface area contributed by atoms with E-state index in [0.29, 0.717) is 0 Å². The Morgan fingerprint density at radius 1 is 1.14 bits per heavy atom. The average molecular weight is 306 g/mol. The van der Waals surface area contributed by atoms with Gasteiger partial charge >= 0.3 is 0 Å². The number of hydrogen-bond donors (Lipinski definition) is 0. The largest absolute Gasteiger partial charge is 0.313 e. The summed E-state index contributed by atoms with van der Waals surface area (Å²) < 4.78 is 2.20. The number of aryl methyl sites for hydroxylation is 1. The maximum Gasteiger partial charge on any atom is 0.190 e. The molecule has 2 aromatic carbocycles. The molecule has 2 nitrogen and oxygen atoms in total. The quantitative estimate of drug-likeness (QED) is 0.607. The van der Waals surface area contributed by atoms with Crippen LogP contribution in [-0.2, 0) is 6.54 Å². The molecule has 0 amide bonds. The Bertz CT molecular complexity index is 841. The Morgan fingerprint density at radius 2 is 1.95 bits per heavy atom. The van der Waals surface area contributed by atoms with Crippen LogP contribution in [0, 0.1) is 6.92 Å². The van der Waals surface area contributed by atoms with Gasteiger partial charge in [-0.25, -0.2) is 4.99 Å². The van der Waals surface area contributed by atoms with E-state index in [2.05, 4.69) is 59.8 Å². The molecule has 0 N–H and O–H groups in total. The van der Waals surface area contributed by atoms with E-state index in [9.17, 15) is 0 Å². The Kier molecular flexibility index (Phi) is 4.35. The first kappa shape index (κ1) is 14.5. The van der Waals surface area contributed by atoms with Crippen LogP contribution in [0.1, 0.15) is 5.56 Å². The monoisotopic (exact) mass is 306 g/mol. The van der Waals surface area contributed by atoms with Gasteiger partial charge in [0.05, 0.1) is 11.4 Å². The molecule has 0 radical (unpaired) electrons. The van der Waals surface area contributed by atoms with Crippen LogP contribution in [0.2, 0.25) is 0 Å². The zero-order chi connectivity index (χ0) is 15.4. The van der Waals surface area contributed by atoms with Crippen molar-refractivity contribution in [1.82, 2.24) is 4.57 Å². The highest BCUT2D eigenvalue weighted by Gasteiger charge is 2.06. The second-order valence-electron chi connectivity index (χ2n) is 5.12. The Labute approximate surface area is 134 Å². The first-order valence-corrected chi connectivity index (χ1v) is 8.12. The summed E-state index contributed by atoms with van der Waals surface area (Å²) in [5, 5.41) is 2.16. The van der Waals surface area contributed by atoms with Crippen molar-refractivity contribution in [1.29, 1.82) is 0 Å². The molecule has 0 aliphatic heterocycles. The van der Waals surface area contributed by atoms with Crippen molar-refractivity contribution in [3.63, 3.8) is 0 Å². The molecule has 0 unspecified atom stereocenters. The summed E-state index contributed by atoms with van der Waals surface area (Å²) in [7, 11) is 0. The molecule has 110 valence electrons. The van der Waals surface area contributed by atoms with Gasteiger partial charge in [-0.1, -0.05) is 48.5 Å². The fourth-order valence-corrected chi connectivity index (χ4v) is 3.31. The molecule has 0 saturated carbocycles. The van der Waals surface area contributed by atoms with Crippen molar-refractivity contribution in [3.8, 4) is 11.3 Å². The smallest absolute Gasteiger partial charge is 0.190 e. The molecule has 0 aliphatic carbocycles. The lowest BCUT2D eigenvalue weighted by molar-refractivity contribution is 0.800. The predicted molar refractivity (Wildman–Crippen MR) is 94.3 cm³/mol. The Hall–Kier alpha value is -2.39. The van der Waals surface area contributed by atoms with E-state index in [4.69, 9.17) is 4.99 Å². The van der Waals surface area contributed by atoms with E-state index >= 15 is 0 Å². The first-order chi connectivity index (χ1) is 10.8. The van der Waals surface area contributed by atoms with Crippen LogP contribution in [0.4, 0.5) is 5.69 Å². The second-order valence-corrected chi connectivity index (χ2v) is 5.96. The zero-order valence-electron chi connectivity index (χ0n) is 12.6. The molecule has 3 heteroatoms. The molecule has 0 atom stereocenters. The third kappa shape index (κ3) is 3.10. The highest BCUT2D eigenvalue weighted by atomic mass is 32.1. The number of hydrogen-bond acceptors (Lipinski definition) is 2. The van der Waals surface area contributed by atoms with Gasteiger partial charge in [-0.3, -0.25) is 0 Å². The van der Waals surface area contributed by atoms with Crippen LogP contribution in [0.25, 0.3) is 11.3 Å². The minimum atomic E-state index is 0.748. The third-order valence-corrected chi connectivity index (χ3v) is 4.27. The number of rotatable bonds is 4. The molecular weight excluding hydrogens is 288 g/mol. The average Bonchev–Trinajstić information content (AvgIpc) is 2.91. The van der Waals surface area contributed by atoms with Gasteiger partial charge in [0.15, 0.2) is 4.80 Å². The van der Waals surface area contributed by atoms with E-state index in [1.165, 1.54) is 16.8 Å². The molecule has 1 heterocycles. The van der Waals surface area contributed by atoms with Crippen molar-refractivity contribution in [2.75, 3.05) is 0 Å². The molecule has 22 heavy (non-hydrogen) atoms. The molecule has 0 bridgehead atoms. The summed E-state index contributed by atoms with van der Waals surface area (Å²) in [5.41, 5.74) is 4.58. The van der Waals surface area contributed by atoms with Gasteiger partial charge in [0, 0.05) is 11.9 Å². The van der Waals surface area contributed by atoms with Gasteiger partial charge in [0.25, 0.3) is 0 Å². The normalized spacial score (nSPS) is 11.6. The van der Waals surface area contributed by atoms with Crippen LogP contribution in [0.3, 0.4) is 0 Å². The fourth-order valence-electron chi connectivity index (χ4n) is 2.37. The topological polar surface area (TPSA) is 17.3 Å². The van der Waals surface area contributed by atoms with Gasteiger partial charge in [-0.15, -0.1) is 17.9 Å². The van der Waals surface area contributed by atoms with Crippen molar-refractivity contribution in [2.24, 2.45) is 4.99 Å². The van der Waals surface area contributed by atoms with Crippen LogP contribution in [0.5, 0.6) is 0 Å². The van der Waals surface area contributed by atoms with Crippen LogP contribution < -0.4 is 4.80 Å². The molecule has 0 spiro atoms. The third-order valence-electron chi connectivity index (χ3n) is 3.41. The van der Waals surface area contributed by atoms with Crippen molar-refractivity contribution in [2.45, 2.75) is 13.5 Å². The highest BCUT2D eigenvalue weighted by Crippen LogP contribution is 2.20. The summed E-state index contributed by atoms with van der Waals surface area (Å²) in [5.74, 6) is 0. The number of allylic oxidation sites excluding steroid dienone is 1. The SMILES string of the molecule is C=CCn1c(-c2ccccc2)csc1=Nc1cccc(C)c1. The van der Waals surface area contributed by atoms with Crippen LogP contribution >= 0.6 is 11.3 Å². The van der Waals surface area contributed by atoms with Crippen LogP contribution in [0.15, 0.2) is 77.6 Å². The van der Waals surface area contributed by atoms with Gasteiger partial charge in [0.2, 0.25) is 0 Å². The number of nitrogens with zero attached hydrogens (tertiary/aromatic N) is 2. The van der Waals surface area contributed by atoms with Gasteiger partial charge in [-0.2, -0.15) is 0 Å². The van der Waals surface area contributed by atoms with E-state index in [1.54, 1.807) is 11.3 Å². The lowest BCUT2D eigenvalue weighted by atomic mass is 10.2. The van der Waals surface area contributed by atoms with Crippen molar-refractivity contribution >= 4 is 17.0 Å². The van der Waals surface area contributed by atoms with Crippen LogP contribution in [-0.4, -0.2) is 4.57 Å². The molecular formula is C19H18N2S. The summed E-state index contributed by atoms with van der Waals surface area (Å²) in [6.45, 7) is 6.71. The zero-order valence-corrected chi connectivity index (χ0v) is 13.4. The number of aromatic nitrogens is 1. The first-order valence-electron chi connectivity index (χ1n) is 7.24. The number of thiazole rings is 1. The molecule has 3 rings (SSSR count). The minimum absolute atomic E-state index is 0.748.